The number of likely N-dealkylation sites (tertiary alicyclic amines) is 1. The Balaban J connectivity index is 0.878. The SMILES string of the molecule is C[C@H](CCC(=O)N1CCC(Oc2ccc(B3OC(C)(C)C(C)(C)O3)cc2)CC1)[C@H]1CC[C@H]2C3[C@@H](O)C[C@@H]4C[C@H](O)CC[C@]4(C)[C@H]3CC[C@]12C. The highest BCUT2D eigenvalue weighted by atomic mass is 16.7. The van der Waals surface area contributed by atoms with Crippen molar-refractivity contribution < 1.29 is 29.1 Å². The number of aliphatic hydroxyl groups is 2. The Hall–Kier alpha value is -1.61. The van der Waals surface area contributed by atoms with Gasteiger partial charge in [0, 0.05) is 32.4 Å². The van der Waals surface area contributed by atoms with E-state index in [9.17, 15) is 15.0 Å². The summed E-state index contributed by atoms with van der Waals surface area (Å²) in [5.41, 5.74) is 0.782. The van der Waals surface area contributed by atoms with Crippen molar-refractivity contribution in [2.45, 2.75) is 155 Å². The van der Waals surface area contributed by atoms with Gasteiger partial charge in [-0.1, -0.05) is 32.9 Å². The van der Waals surface area contributed by atoms with Crippen molar-refractivity contribution in [1.82, 2.24) is 4.90 Å². The van der Waals surface area contributed by atoms with Crippen LogP contribution in [0.4, 0.5) is 0 Å². The fourth-order valence-corrected chi connectivity index (χ4v) is 12.0. The first-order valence-corrected chi connectivity index (χ1v) is 19.9. The van der Waals surface area contributed by atoms with E-state index in [-0.39, 0.29) is 47.5 Å². The molecule has 6 fully saturated rings. The van der Waals surface area contributed by atoms with E-state index >= 15 is 0 Å². The summed E-state index contributed by atoms with van der Waals surface area (Å²) in [7, 11) is -0.377. The van der Waals surface area contributed by atoms with Crippen LogP contribution in [0.25, 0.3) is 0 Å². The molecule has 4 aliphatic carbocycles. The number of fused-ring (bicyclic) bond motifs is 5. The molecule has 6 aliphatic rings. The average molecular weight is 678 g/mol. The third kappa shape index (κ3) is 6.41. The number of benzene rings is 1. The minimum Gasteiger partial charge on any atom is -0.490 e. The van der Waals surface area contributed by atoms with Gasteiger partial charge in [0.1, 0.15) is 11.9 Å². The van der Waals surface area contributed by atoms with Crippen molar-refractivity contribution in [1.29, 1.82) is 0 Å². The van der Waals surface area contributed by atoms with Crippen molar-refractivity contribution >= 4 is 18.5 Å². The van der Waals surface area contributed by atoms with Crippen molar-refractivity contribution in [2.24, 2.45) is 46.3 Å². The number of piperidine rings is 1. The molecule has 49 heavy (non-hydrogen) atoms. The normalized spacial score (nSPS) is 40.7. The lowest BCUT2D eigenvalue weighted by atomic mass is 9.43. The molecular weight excluding hydrogens is 613 g/mol. The van der Waals surface area contributed by atoms with E-state index in [1.165, 1.54) is 25.7 Å². The van der Waals surface area contributed by atoms with Gasteiger partial charge in [0.15, 0.2) is 0 Å². The monoisotopic (exact) mass is 677 g/mol. The van der Waals surface area contributed by atoms with Gasteiger partial charge < -0.3 is 29.2 Å². The first kappa shape index (κ1) is 35.8. The van der Waals surface area contributed by atoms with Crippen molar-refractivity contribution in [3.8, 4) is 5.75 Å². The molecule has 1 unspecified atom stereocenters. The quantitative estimate of drug-likeness (QED) is 0.310. The molecule has 4 saturated carbocycles. The number of hydrogen-bond acceptors (Lipinski definition) is 6. The van der Waals surface area contributed by atoms with Crippen LogP contribution in [-0.4, -0.2) is 70.7 Å². The summed E-state index contributed by atoms with van der Waals surface area (Å²) in [5, 5.41) is 22.0. The molecule has 10 atom stereocenters. The minimum atomic E-state index is -0.377. The molecule has 0 spiro atoms. The fourth-order valence-electron chi connectivity index (χ4n) is 12.0. The van der Waals surface area contributed by atoms with Crippen LogP contribution in [-0.2, 0) is 14.1 Å². The molecule has 1 aromatic carbocycles. The molecule has 0 aromatic heterocycles. The van der Waals surface area contributed by atoms with Gasteiger partial charge in [0.2, 0.25) is 5.91 Å². The highest BCUT2D eigenvalue weighted by Crippen LogP contribution is 2.68. The summed E-state index contributed by atoms with van der Waals surface area (Å²) in [6.45, 7) is 17.2. The van der Waals surface area contributed by atoms with Gasteiger partial charge in [-0.05, 0) is 149 Å². The largest absolute Gasteiger partial charge is 0.494 e. The van der Waals surface area contributed by atoms with E-state index in [0.29, 0.717) is 47.8 Å². The second kappa shape index (κ2) is 13.1. The summed E-state index contributed by atoms with van der Waals surface area (Å²) in [6.07, 6.45) is 11.6. The summed E-state index contributed by atoms with van der Waals surface area (Å²) < 4.78 is 18.7. The maximum Gasteiger partial charge on any atom is 0.494 e. The number of rotatable bonds is 7. The third-order valence-electron chi connectivity index (χ3n) is 15.7. The second-order valence-electron chi connectivity index (χ2n) is 18.8. The molecule has 7 rings (SSSR count). The topological polar surface area (TPSA) is 88.5 Å². The first-order valence-electron chi connectivity index (χ1n) is 19.9. The molecule has 0 radical (unpaired) electrons. The van der Waals surface area contributed by atoms with Crippen LogP contribution in [0.5, 0.6) is 5.75 Å². The first-order chi connectivity index (χ1) is 23.1. The highest BCUT2D eigenvalue weighted by molar-refractivity contribution is 6.62. The van der Waals surface area contributed by atoms with E-state index in [0.717, 1.165) is 69.2 Å². The van der Waals surface area contributed by atoms with Crippen molar-refractivity contribution in [2.75, 3.05) is 13.1 Å². The van der Waals surface area contributed by atoms with Crippen LogP contribution in [0, 0.1) is 46.3 Å². The van der Waals surface area contributed by atoms with Crippen LogP contribution < -0.4 is 10.2 Å². The zero-order valence-electron chi connectivity index (χ0n) is 31.5. The summed E-state index contributed by atoms with van der Waals surface area (Å²) in [6, 6.07) is 8.08. The Morgan fingerprint density at radius 3 is 2.18 bits per heavy atom. The van der Waals surface area contributed by atoms with Gasteiger partial charge in [-0.2, -0.15) is 0 Å². The van der Waals surface area contributed by atoms with Crippen LogP contribution in [0.2, 0.25) is 0 Å². The van der Waals surface area contributed by atoms with Crippen LogP contribution in [0.1, 0.15) is 126 Å². The lowest BCUT2D eigenvalue weighted by molar-refractivity contribution is -0.174. The number of ether oxygens (including phenoxy) is 1. The minimum absolute atomic E-state index is 0.113. The number of amides is 1. The van der Waals surface area contributed by atoms with Gasteiger partial charge in [-0.3, -0.25) is 4.79 Å². The molecular formula is C41H64BNO6. The zero-order valence-corrected chi connectivity index (χ0v) is 31.5. The summed E-state index contributed by atoms with van der Waals surface area (Å²) >= 11 is 0. The zero-order chi connectivity index (χ0) is 34.9. The van der Waals surface area contributed by atoms with Crippen LogP contribution >= 0.6 is 0 Å². The van der Waals surface area contributed by atoms with Crippen molar-refractivity contribution in [3.05, 3.63) is 24.3 Å². The molecule has 2 aliphatic heterocycles. The molecule has 1 amide bonds. The summed E-state index contributed by atoms with van der Waals surface area (Å²) in [4.78, 5) is 15.5. The van der Waals surface area contributed by atoms with E-state index in [2.05, 4.69) is 53.4 Å². The Kier molecular flexibility index (Phi) is 9.57. The maximum absolute atomic E-state index is 13.4. The van der Waals surface area contributed by atoms with E-state index < -0.39 is 0 Å². The summed E-state index contributed by atoms with van der Waals surface area (Å²) in [5.74, 6) is 4.27. The van der Waals surface area contributed by atoms with Gasteiger partial charge in [-0.25, -0.2) is 0 Å². The maximum atomic E-state index is 13.4. The number of aliphatic hydroxyl groups excluding tert-OH is 2. The van der Waals surface area contributed by atoms with Crippen LogP contribution in [0.3, 0.4) is 0 Å². The molecule has 7 nitrogen and oxygen atoms in total. The number of carbonyl (C=O) groups is 1. The van der Waals surface area contributed by atoms with Gasteiger partial charge in [0.25, 0.3) is 0 Å². The Morgan fingerprint density at radius 1 is 0.878 bits per heavy atom. The van der Waals surface area contributed by atoms with Gasteiger partial charge in [-0.15, -0.1) is 0 Å². The second-order valence-corrected chi connectivity index (χ2v) is 18.8. The van der Waals surface area contributed by atoms with E-state index in [1.54, 1.807) is 0 Å². The molecule has 1 aromatic rings. The predicted octanol–water partition coefficient (Wildman–Crippen LogP) is 6.76. The average Bonchev–Trinajstić information content (AvgIpc) is 3.52. The Labute approximate surface area is 296 Å². The van der Waals surface area contributed by atoms with E-state index in [4.69, 9.17) is 14.0 Å². The lowest BCUT2D eigenvalue weighted by Gasteiger charge is -2.62. The number of hydrogen-bond donors (Lipinski definition) is 2. The molecule has 0 bridgehead atoms. The number of nitrogens with zero attached hydrogens (tertiary/aromatic N) is 1. The van der Waals surface area contributed by atoms with Gasteiger partial charge in [0.05, 0.1) is 23.4 Å². The predicted molar refractivity (Wildman–Crippen MR) is 193 cm³/mol. The number of carbonyl (C=O) groups excluding carboxylic acids is 1. The van der Waals surface area contributed by atoms with Crippen molar-refractivity contribution in [3.63, 3.8) is 0 Å². The molecule has 2 heterocycles. The Bertz CT molecular complexity index is 1330. The lowest BCUT2D eigenvalue weighted by Crippen LogP contribution is -2.58. The highest BCUT2D eigenvalue weighted by Gasteiger charge is 2.63. The Morgan fingerprint density at radius 2 is 1.51 bits per heavy atom. The molecule has 8 heteroatoms. The van der Waals surface area contributed by atoms with E-state index in [1.807, 2.05) is 24.3 Å². The molecule has 272 valence electrons. The smallest absolute Gasteiger partial charge is 0.490 e. The molecule has 2 N–H and O–H groups in total. The molecule has 2 saturated heterocycles. The van der Waals surface area contributed by atoms with Gasteiger partial charge >= 0.3 is 7.12 Å². The third-order valence-corrected chi connectivity index (χ3v) is 15.7. The fraction of sp³-hybridized carbons (Fsp3) is 0.829. The van der Waals surface area contributed by atoms with Crippen LogP contribution in [0.15, 0.2) is 24.3 Å². The standard InChI is InChI=1S/C41H64BNO6/c1-26(32-13-14-33-37-34(17-21-41(32,33)7)40(6)20-16-29(44)24-27(40)25-35(37)45)8-15-36(46)43-22-18-31(19-23-43)47-30-11-9-28(10-12-30)42-48-38(2,3)39(4,5)49-42/h9-12,26-27,29,31-35,37,44-45H,8,13-25H2,1-7H3/t26-,27+,29-,32-,33+,34+,35+,37?,40+,41-/m1/s1.